The van der Waals surface area contributed by atoms with Gasteiger partial charge in [0.2, 0.25) is 0 Å². The number of hydrogen-bond acceptors (Lipinski definition) is 3. The molecule has 2 nitrogen and oxygen atoms in total. The second-order valence-corrected chi connectivity index (χ2v) is 7.00. The molecule has 0 bridgehead atoms. The molecular formula is C14H26N2S. The molecule has 1 aromatic heterocycles. The molecule has 1 N–H and O–H groups in total. The summed E-state index contributed by atoms with van der Waals surface area (Å²) in [5.74, 6) is 0.682. The molecule has 0 saturated carbocycles. The molecule has 1 unspecified atom stereocenters. The van der Waals surface area contributed by atoms with Crippen molar-refractivity contribution in [3.8, 4) is 0 Å². The van der Waals surface area contributed by atoms with Gasteiger partial charge in [-0.15, -0.1) is 11.3 Å². The fourth-order valence-electron chi connectivity index (χ4n) is 1.86. The van der Waals surface area contributed by atoms with Gasteiger partial charge in [0.1, 0.15) is 0 Å². The van der Waals surface area contributed by atoms with Crippen molar-refractivity contribution in [2.45, 2.75) is 58.9 Å². The lowest BCUT2D eigenvalue weighted by atomic mass is 9.93. The molecule has 0 radical (unpaired) electrons. The van der Waals surface area contributed by atoms with Gasteiger partial charge >= 0.3 is 0 Å². The lowest BCUT2D eigenvalue weighted by Gasteiger charge is -2.19. The summed E-state index contributed by atoms with van der Waals surface area (Å²) in [5.41, 5.74) is 1.40. The highest BCUT2D eigenvalue weighted by Crippen LogP contribution is 2.24. The van der Waals surface area contributed by atoms with Crippen LogP contribution in [0.25, 0.3) is 0 Å². The normalized spacial score (nSPS) is 14.3. The van der Waals surface area contributed by atoms with Crippen LogP contribution in [0.4, 0.5) is 0 Å². The van der Waals surface area contributed by atoms with E-state index in [1.807, 2.05) is 7.05 Å². The van der Waals surface area contributed by atoms with E-state index in [1.165, 1.54) is 17.1 Å². The summed E-state index contributed by atoms with van der Waals surface area (Å²) in [4.78, 5) is 4.74. The van der Waals surface area contributed by atoms with Gasteiger partial charge in [0.15, 0.2) is 0 Å². The van der Waals surface area contributed by atoms with Crippen molar-refractivity contribution in [1.82, 2.24) is 10.3 Å². The van der Waals surface area contributed by atoms with Crippen LogP contribution in [0.5, 0.6) is 0 Å². The molecule has 1 atom stereocenters. The standard InChI is InChI=1S/C14H26N2S/c1-10(2)11(15-6)7-8-13-16-12(9-17-13)14(3,4)5/h9-11,15H,7-8H2,1-6H3. The SMILES string of the molecule is CNC(CCc1nc(C(C)(C)C)cs1)C(C)C. The van der Waals surface area contributed by atoms with Gasteiger partial charge in [-0.05, 0) is 19.4 Å². The fraction of sp³-hybridized carbons (Fsp3) is 0.786. The number of nitrogens with one attached hydrogen (secondary N) is 1. The molecule has 0 fully saturated rings. The molecule has 0 aromatic carbocycles. The smallest absolute Gasteiger partial charge is 0.0929 e. The summed E-state index contributed by atoms with van der Waals surface area (Å²) in [6, 6.07) is 0.594. The molecule has 3 heteroatoms. The highest BCUT2D eigenvalue weighted by atomic mass is 32.1. The average molecular weight is 254 g/mol. The van der Waals surface area contributed by atoms with Gasteiger partial charge < -0.3 is 5.32 Å². The maximum atomic E-state index is 4.74. The zero-order chi connectivity index (χ0) is 13.1. The molecule has 0 aliphatic carbocycles. The Labute approximate surface area is 110 Å². The van der Waals surface area contributed by atoms with Gasteiger partial charge in [0, 0.05) is 23.3 Å². The molecule has 1 aromatic rings. The summed E-state index contributed by atoms with van der Waals surface area (Å²) in [6.07, 6.45) is 2.26. The van der Waals surface area contributed by atoms with Crippen LogP contribution in [0.1, 0.15) is 51.7 Å². The van der Waals surface area contributed by atoms with E-state index in [4.69, 9.17) is 4.98 Å². The lowest BCUT2D eigenvalue weighted by Crippen LogP contribution is -2.31. The Hall–Kier alpha value is -0.410. The van der Waals surface area contributed by atoms with E-state index in [2.05, 4.69) is 45.3 Å². The van der Waals surface area contributed by atoms with Crippen LogP contribution in [0.2, 0.25) is 0 Å². The van der Waals surface area contributed by atoms with E-state index >= 15 is 0 Å². The molecule has 98 valence electrons. The molecule has 1 heterocycles. The van der Waals surface area contributed by atoms with Gasteiger partial charge in [-0.3, -0.25) is 0 Å². The Morgan fingerprint density at radius 3 is 2.41 bits per heavy atom. The van der Waals surface area contributed by atoms with Gasteiger partial charge in [-0.1, -0.05) is 34.6 Å². The van der Waals surface area contributed by atoms with Gasteiger partial charge in [-0.25, -0.2) is 4.98 Å². The van der Waals surface area contributed by atoms with Gasteiger partial charge in [0.05, 0.1) is 10.7 Å². The first kappa shape index (κ1) is 14.7. The Bertz CT molecular complexity index is 336. The quantitative estimate of drug-likeness (QED) is 0.868. The number of aromatic nitrogens is 1. The first-order chi connectivity index (χ1) is 7.84. The average Bonchev–Trinajstić information content (AvgIpc) is 2.66. The Morgan fingerprint density at radius 2 is 2.00 bits per heavy atom. The lowest BCUT2D eigenvalue weighted by molar-refractivity contribution is 0.402. The second kappa shape index (κ2) is 5.96. The Balaban J connectivity index is 2.56. The first-order valence-corrected chi connectivity index (χ1v) is 7.34. The number of rotatable bonds is 5. The predicted molar refractivity (Wildman–Crippen MR) is 76.8 cm³/mol. The maximum absolute atomic E-state index is 4.74. The molecular weight excluding hydrogens is 228 g/mol. The molecule has 0 saturated heterocycles. The Kier molecular flexibility index (Phi) is 5.14. The number of aryl methyl sites for hydroxylation is 1. The molecule has 0 aliphatic heterocycles. The van der Waals surface area contributed by atoms with Crippen molar-refractivity contribution in [2.24, 2.45) is 5.92 Å². The van der Waals surface area contributed by atoms with E-state index in [9.17, 15) is 0 Å². The zero-order valence-corrected chi connectivity index (χ0v) is 12.8. The third-order valence-electron chi connectivity index (χ3n) is 3.16. The first-order valence-electron chi connectivity index (χ1n) is 6.46. The number of thiazole rings is 1. The van der Waals surface area contributed by atoms with E-state index in [1.54, 1.807) is 11.3 Å². The van der Waals surface area contributed by atoms with Crippen molar-refractivity contribution in [2.75, 3.05) is 7.05 Å². The summed E-state index contributed by atoms with van der Waals surface area (Å²) in [5, 5.41) is 6.87. The van der Waals surface area contributed by atoms with E-state index in [0.29, 0.717) is 12.0 Å². The largest absolute Gasteiger partial charge is 0.317 e. The molecule has 0 spiro atoms. The highest BCUT2D eigenvalue weighted by Gasteiger charge is 2.18. The maximum Gasteiger partial charge on any atom is 0.0929 e. The van der Waals surface area contributed by atoms with Crippen LogP contribution in [-0.4, -0.2) is 18.1 Å². The molecule has 1 rings (SSSR count). The minimum Gasteiger partial charge on any atom is -0.317 e. The number of nitrogens with zero attached hydrogens (tertiary/aromatic N) is 1. The van der Waals surface area contributed by atoms with Crippen LogP contribution in [0.3, 0.4) is 0 Å². The summed E-state index contributed by atoms with van der Waals surface area (Å²) >= 11 is 1.80. The second-order valence-electron chi connectivity index (χ2n) is 6.05. The van der Waals surface area contributed by atoms with Crippen molar-refractivity contribution in [3.63, 3.8) is 0 Å². The van der Waals surface area contributed by atoms with E-state index in [-0.39, 0.29) is 5.41 Å². The fourth-order valence-corrected chi connectivity index (χ4v) is 2.90. The molecule has 17 heavy (non-hydrogen) atoms. The summed E-state index contributed by atoms with van der Waals surface area (Å²) in [7, 11) is 2.05. The van der Waals surface area contributed by atoms with Crippen LogP contribution in [0, 0.1) is 5.92 Å². The zero-order valence-electron chi connectivity index (χ0n) is 12.0. The molecule has 0 amide bonds. The van der Waals surface area contributed by atoms with Crippen molar-refractivity contribution >= 4 is 11.3 Å². The summed E-state index contributed by atoms with van der Waals surface area (Å²) < 4.78 is 0. The van der Waals surface area contributed by atoms with Crippen molar-refractivity contribution in [1.29, 1.82) is 0 Å². The highest BCUT2D eigenvalue weighted by molar-refractivity contribution is 7.09. The number of hydrogen-bond donors (Lipinski definition) is 1. The minimum absolute atomic E-state index is 0.176. The third kappa shape index (κ3) is 4.40. The predicted octanol–water partition coefficient (Wildman–Crippen LogP) is 3.62. The van der Waals surface area contributed by atoms with Crippen LogP contribution >= 0.6 is 11.3 Å². The Morgan fingerprint density at radius 1 is 1.35 bits per heavy atom. The van der Waals surface area contributed by atoms with Crippen LogP contribution < -0.4 is 5.32 Å². The van der Waals surface area contributed by atoms with Crippen molar-refractivity contribution < 1.29 is 0 Å². The molecule has 0 aliphatic rings. The third-order valence-corrected chi connectivity index (χ3v) is 4.07. The van der Waals surface area contributed by atoms with E-state index < -0.39 is 0 Å². The monoisotopic (exact) mass is 254 g/mol. The topological polar surface area (TPSA) is 24.9 Å². The van der Waals surface area contributed by atoms with Crippen LogP contribution in [-0.2, 0) is 11.8 Å². The van der Waals surface area contributed by atoms with Crippen molar-refractivity contribution in [3.05, 3.63) is 16.1 Å². The van der Waals surface area contributed by atoms with Gasteiger partial charge in [0.25, 0.3) is 0 Å². The minimum atomic E-state index is 0.176. The van der Waals surface area contributed by atoms with Gasteiger partial charge in [-0.2, -0.15) is 0 Å². The van der Waals surface area contributed by atoms with E-state index in [0.717, 1.165) is 6.42 Å². The van der Waals surface area contributed by atoms with Crippen LogP contribution in [0.15, 0.2) is 5.38 Å². The summed E-state index contributed by atoms with van der Waals surface area (Å²) in [6.45, 7) is 11.2.